The highest BCUT2D eigenvalue weighted by atomic mass is 16.5. The van der Waals surface area contributed by atoms with Crippen molar-refractivity contribution in [3.05, 3.63) is 72.6 Å². The molecule has 0 amide bonds. The minimum Gasteiger partial charge on any atom is -0.496 e. The van der Waals surface area contributed by atoms with E-state index in [-0.39, 0.29) is 6.61 Å². The predicted molar refractivity (Wildman–Crippen MR) is 94.6 cm³/mol. The van der Waals surface area contributed by atoms with Crippen molar-refractivity contribution in [1.29, 1.82) is 0 Å². The number of hydrogen-bond acceptors (Lipinski definition) is 5. The van der Waals surface area contributed by atoms with Crippen LogP contribution in [0.15, 0.2) is 71.3 Å². The lowest BCUT2D eigenvalue weighted by molar-refractivity contribution is 0.245. The minimum absolute atomic E-state index is 0.205. The van der Waals surface area contributed by atoms with Gasteiger partial charge in [-0.15, -0.1) is 0 Å². The van der Waals surface area contributed by atoms with Crippen LogP contribution in [0.5, 0.6) is 11.5 Å². The molecule has 0 saturated heterocycles. The lowest BCUT2D eigenvalue weighted by atomic mass is 10.1. The van der Waals surface area contributed by atoms with Gasteiger partial charge in [-0.3, -0.25) is 0 Å². The van der Waals surface area contributed by atoms with Crippen molar-refractivity contribution in [2.45, 2.75) is 6.61 Å². The third-order valence-electron chi connectivity index (χ3n) is 3.92. The first-order valence-electron chi connectivity index (χ1n) is 7.91. The van der Waals surface area contributed by atoms with E-state index >= 15 is 0 Å². The molecule has 0 aliphatic heterocycles. The summed E-state index contributed by atoms with van der Waals surface area (Å²) in [5, 5.41) is 6.20. The van der Waals surface area contributed by atoms with Gasteiger partial charge in [-0.25, -0.2) is 0 Å². The lowest BCUT2D eigenvalue weighted by Gasteiger charge is -2.07. The molecule has 3 aromatic carbocycles. The van der Waals surface area contributed by atoms with Crippen molar-refractivity contribution < 1.29 is 14.0 Å². The van der Waals surface area contributed by atoms with Crippen molar-refractivity contribution in [3.63, 3.8) is 0 Å². The molecule has 4 aromatic rings. The first-order valence-corrected chi connectivity index (χ1v) is 7.91. The van der Waals surface area contributed by atoms with E-state index in [2.05, 4.69) is 22.3 Å². The quantitative estimate of drug-likeness (QED) is 0.539. The van der Waals surface area contributed by atoms with E-state index in [1.807, 2.05) is 54.6 Å². The van der Waals surface area contributed by atoms with Crippen LogP contribution in [0.25, 0.3) is 22.2 Å². The fourth-order valence-corrected chi connectivity index (χ4v) is 2.71. The molecule has 1 aromatic heterocycles. The van der Waals surface area contributed by atoms with Gasteiger partial charge in [-0.1, -0.05) is 53.7 Å². The van der Waals surface area contributed by atoms with E-state index in [1.54, 1.807) is 7.11 Å². The molecule has 0 radical (unpaired) electrons. The zero-order valence-corrected chi connectivity index (χ0v) is 13.7. The van der Waals surface area contributed by atoms with Gasteiger partial charge in [-0.2, -0.15) is 4.98 Å². The van der Waals surface area contributed by atoms with Crippen LogP contribution in [-0.4, -0.2) is 17.3 Å². The normalized spacial score (nSPS) is 10.8. The number of ether oxygens (including phenoxy) is 2. The average Bonchev–Trinajstić information content (AvgIpc) is 3.15. The SMILES string of the molecule is COc1ccccc1-c1noc(COc2cccc3ccccc23)n1. The fourth-order valence-electron chi connectivity index (χ4n) is 2.71. The third-order valence-corrected chi connectivity index (χ3v) is 3.92. The molecular formula is C20H16N2O3. The average molecular weight is 332 g/mol. The molecule has 5 heteroatoms. The summed E-state index contributed by atoms with van der Waals surface area (Å²) in [4.78, 5) is 4.40. The number of aromatic nitrogens is 2. The van der Waals surface area contributed by atoms with Crippen LogP contribution in [0.4, 0.5) is 0 Å². The Morgan fingerprint density at radius 3 is 2.56 bits per heavy atom. The number of benzene rings is 3. The van der Waals surface area contributed by atoms with E-state index in [0.717, 1.165) is 22.1 Å². The molecule has 0 atom stereocenters. The molecule has 0 bridgehead atoms. The highest BCUT2D eigenvalue weighted by Gasteiger charge is 2.13. The summed E-state index contributed by atoms with van der Waals surface area (Å²) < 4.78 is 16.5. The summed E-state index contributed by atoms with van der Waals surface area (Å²) in [6, 6.07) is 21.6. The van der Waals surface area contributed by atoms with Crippen LogP contribution >= 0.6 is 0 Å². The Bertz CT molecular complexity index is 1010. The summed E-state index contributed by atoms with van der Waals surface area (Å²) >= 11 is 0. The van der Waals surface area contributed by atoms with E-state index in [1.165, 1.54) is 0 Å². The molecule has 0 fully saturated rings. The zero-order valence-electron chi connectivity index (χ0n) is 13.7. The summed E-state index contributed by atoms with van der Waals surface area (Å²) in [7, 11) is 1.61. The van der Waals surface area contributed by atoms with Crippen LogP contribution in [0.3, 0.4) is 0 Å². The van der Waals surface area contributed by atoms with E-state index in [4.69, 9.17) is 14.0 Å². The molecule has 0 aliphatic rings. The van der Waals surface area contributed by atoms with Gasteiger partial charge in [-0.05, 0) is 23.6 Å². The predicted octanol–water partition coefficient (Wildman–Crippen LogP) is 4.48. The molecule has 25 heavy (non-hydrogen) atoms. The topological polar surface area (TPSA) is 57.4 Å². The molecule has 0 N–H and O–H groups in total. The molecule has 0 aliphatic carbocycles. The molecule has 0 saturated carbocycles. The summed E-state index contributed by atoms with van der Waals surface area (Å²) in [5.74, 6) is 2.38. The van der Waals surface area contributed by atoms with Gasteiger partial charge in [0.15, 0.2) is 6.61 Å². The van der Waals surface area contributed by atoms with Gasteiger partial charge in [0.05, 0.1) is 12.7 Å². The molecule has 124 valence electrons. The number of para-hydroxylation sites is 1. The monoisotopic (exact) mass is 332 g/mol. The summed E-state index contributed by atoms with van der Waals surface area (Å²) in [6.45, 7) is 0.205. The molecule has 0 spiro atoms. The van der Waals surface area contributed by atoms with Gasteiger partial charge in [0.2, 0.25) is 5.82 Å². The third kappa shape index (κ3) is 3.04. The van der Waals surface area contributed by atoms with E-state index < -0.39 is 0 Å². The van der Waals surface area contributed by atoms with Crippen LogP contribution in [0.1, 0.15) is 5.89 Å². The van der Waals surface area contributed by atoms with Crippen molar-refractivity contribution in [1.82, 2.24) is 10.1 Å². The molecule has 0 unspecified atom stereocenters. The van der Waals surface area contributed by atoms with Crippen LogP contribution in [-0.2, 0) is 6.61 Å². The second-order valence-corrected chi connectivity index (χ2v) is 5.48. The van der Waals surface area contributed by atoms with Gasteiger partial charge >= 0.3 is 0 Å². The van der Waals surface area contributed by atoms with Crippen LogP contribution in [0, 0.1) is 0 Å². The van der Waals surface area contributed by atoms with Gasteiger partial charge in [0.1, 0.15) is 11.5 Å². The van der Waals surface area contributed by atoms with E-state index in [9.17, 15) is 0 Å². The number of rotatable bonds is 5. The Balaban J connectivity index is 1.55. The van der Waals surface area contributed by atoms with Crippen molar-refractivity contribution in [2.24, 2.45) is 0 Å². The Morgan fingerprint density at radius 1 is 0.880 bits per heavy atom. The lowest BCUT2D eigenvalue weighted by Crippen LogP contribution is -1.96. The summed E-state index contributed by atoms with van der Waals surface area (Å²) in [5.41, 5.74) is 0.783. The Kier molecular flexibility index (Phi) is 4.04. The number of fused-ring (bicyclic) bond motifs is 1. The maximum Gasteiger partial charge on any atom is 0.264 e. The first kappa shape index (κ1) is 15.2. The van der Waals surface area contributed by atoms with Crippen LogP contribution < -0.4 is 9.47 Å². The maximum absolute atomic E-state index is 5.88. The highest BCUT2D eigenvalue weighted by Crippen LogP contribution is 2.28. The van der Waals surface area contributed by atoms with Gasteiger partial charge in [0.25, 0.3) is 5.89 Å². The largest absolute Gasteiger partial charge is 0.496 e. The molecule has 1 heterocycles. The Hall–Kier alpha value is -3.34. The fraction of sp³-hybridized carbons (Fsp3) is 0.100. The summed E-state index contributed by atoms with van der Waals surface area (Å²) in [6.07, 6.45) is 0. The number of nitrogens with zero attached hydrogens (tertiary/aromatic N) is 2. The molecule has 5 nitrogen and oxygen atoms in total. The Morgan fingerprint density at radius 2 is 1.64 bits per heavy atom. The van der Waals surface area contributed by atoms with Crippen molar-refractivity contribution in [3.8, 4) is 22.9 Å². The van der Waals surface area contributed by atoms with Crippen molar-refractivity contribution in [2.75, 3.05) is 7.11 Å². The maximum atomic E-state index is 5.88. The number of methoxy groups -OCH3 is 1. The van der Waals surface area contributed by atoms with E-state index in [0.29, 0.717) is 17.5 Å². The van der Waals surface area contributed by atoms with Gasteiger partial charge < -0.3 is 14.0 Å². The van der Waals surface area contributed by atoms with Gasteiger partial charge in [0, 0.05) is 5.39 Å². The molecule has 4 rings (SSSR count). The molecular weight excluding hydrogens is 316 g/mol. The second-order valence-electron chi connectivity index (χ2n) is 5.48. The second kappa shape index (κ2) is 6.65. The first-order chi connectivity index (χ1) is 12.3. The van der Waals surface area contributed by atoms with Crippen LogP contribution in [0.2, 0.25) is 0 Å². The number of hydrogen-bond donors (Lipinski definition) is 0. The Labute approximate surface area is 144 Å². The standard InChI is InChI=1S/C20H16N2O3/c1-23-17-11-5-4-10-16(17)20-21-19(25-22-20)13-24-18-12-6-8-14-7-2-3-9-15(14)18/h2-12H,13H2,1H3. The highest BCUT2D eigenvalue weighted by molar-refractivity contribution is 5.88. The zero-order chi connectivity index (χ0) is 17.1. The smallest absolute Gasteiger partial charge is 0.264 e. The minimum atomic E-state index is 0.205. The van der Waals surface area contributed by atoms with Crippen molar-refractivity contribution >= 4 is 10.8 Å².